The quantitative estimate of drug-likeness (QED) is 0.901. The molecule has 4 nitrogen and oxygen atoms in total. The van der Waals surface area contributed by atoms with Gasteiger partial charge in [-0.2, -0.15) is 4.31 Å². The smallest absolute Gasteiger partial charge is 0.252 e. The van der Waals surface area contributed by atoms with Gasteiger partial charge in [0.25, 0.3) is 10.0 Å². The number of hydrogen-bond donors (Lipinski definition) is 1. The monoisotopic (exact) mass is 275 g/mol. The van der Waals surface area contributed by atoms with Crippen molar-refractivity contribution in [2.45, 2.75) is 24.0 Å². The lowest BCUT2D eigenvalue weighted by Crippen LogP contribution is -2.27. The molecule has 0 spiro atoms. The van der Waals surface area contributed by atoms with Crippen LogP contribution in [0.2, 0.25) is 0 Å². The van der Waals surface area contributed by atoms with Crippen molar-refractivity contribution in [3.63, 3.8) is 0 Å². The van der Waals surface area contributed by atoms with E-state index in [1.807, 2.05) is 0 Å². The number of nitrogens with zero attached hydrogens (tertiary/aromatic N) is 1. The summed E-state index contributed by atoms with van der Waals surface area (Å²) in [6.07, 6.45) is 1.46. The maximum Gasteiger partial charge on any atom is 0.252 e. The molecule has 1 aromatic heterocycles. The number of rotatable bonds is 4. The van der Waals surface area contributed by atoms with E-state index >= 15 is 0 Å². The summed E-state index contributed by atoms with van der Waals surface area (Å²) in [5.74, 6) is 0.446. The molecule has 1 saturated heterocycles. The fraction of sp³-hybridized carbons (Fsp3) is 0.636. The van der Waals surface area contributed by atoms with E-state index in [9.17, 15) is 8.42 Å². The van der Waals surface area contributed by atoms with Gasteiger partial charge in [-0.25, -0.2) is 8.42 Å². The molecule has 1 atom stereocenters. The van der Waals surface area contributed by atoms with E-state index in [2.05, 4.69) is 6.92 Å². The van der Waals surface area contributed by atoms with Crippen LogP contribution in [0, 0.1) is 5.92 Å². The number of aliphatic hydroxyl groups is 1. The van der Waals surface area contributed by atoms with Crippen molar-refractivity contribution >= 4 is 21.4 Å². The molecule has 2 rings (SSSR count). The second kappa shape index (κ2) is 5.06. The minimum absolute atomic E-state index is 0.0563. The summed E-state index contributed by atoms with van der Waals surface area (Å²) < 4.78 is 26.5. The predicted molar refractivity (Wildman–Crippen MR) is 67.6 cm³/mol. The molecule has 96 valence electrons. The zero-order valence-electron chi connectivity index (χ0n) is 9.80. The van der Waals surface area contributed by atoms with Crippen LogP contribution in [0.4, 0.5) is 0 Å². The fourth-order valence-electron chi connectivity index (χ4n) is 1.98. The van der Waals surface area contributed by atoms with Crippen molar-refractivity contribution in [1.29, 1.82) is 0 Å². The number of thiophene rings is 1. The van der Waals surface area contributed by atoms with Crippen molar-refractivity contribution < 1.29 is 13.5 Å². The molecule has 1 aliphatic rings. The highest BCUT2D eigenvalue weighted by molar-refractivity contribution is 7.91. The molecule has 2 heterocycles. The van der Waals surface area contributed by atoms with Crippen LogP contribution in [0.1, 0.15) is 18.2 Å². The Morgan fingerprint density at radius 2 is 2.29 bits per heavy atom. The van der Waals surface area contributed by atoms with Gasteiger partial charge >= 0.3 is 0 Å². The molecule has 1 fully saturated rings. The average molecular weight is 275 g/mol. The molecule has 1 aliphatic heterocycles. The lowest BCUT2D eigenvalue weighted by molar-refractivity contribution is 0.300. The summed E-state index contributed by atoms with van der Waals surface area (Å²) in [5.41, 5.74) is 0. The molecule has 1 unspecified atom stereocenters. The van der Waals surface area contributed by atoms with Gasteiger partial charge in [-0.15, -0.1) is 11.3 Å². The highest BCUT2D eigenvalue weighted by Gasteiger charge is 2.31. The molecular weight excluding hydrogens is 258 g/mol. The third-order valence-corrected chi connectivity index (χ3v) is 6.45. The molecule has 0 aromatic carbocycles. The molecule has 0 radical (unpaired) electrons. The Hall–Kier alpha value is -0.430. The molecule has 6 heteroatoms. The second-order valence-corrected chi connectivity index (χ2v) is 7.78. The first-order valence-electron chi connectivity index (χ1n) is 5.74. The van der Waals surface area contributed by atoms with E-state index in [1.165, 1.54) is 11.3 Å². The van der Waals surface area contributed by atoms with Crippen molar-refractivity contribution in [3.8, 4) is 0 Å². The van der Waals surface area contributed by atoms with Crippen LogP contribution in [-0.4, -0.2) is 37.5 Å². The lowest BCUT2D eigenvalue weighted by Gasteiger charge is -2.14. The van der Waals surface area contributed by atoms with Gasteiger partial charge in [0.1, 0.15) is 4.21 Å². The largest absolute Gasteiger partial charge is 0.396 e. The molecule has 0 amide bonds. The number of sulfonamides is 1. The van der Waals surface area contributed by atoms with Gasteiger partial charge in [0.05, 0.1) is 0 Å². The molecular formula is C11H17NO3S2. The highest BCUT2D eigenvalue weighted by Crippen LogP contribution is 2.28. The highest BCUT2D eigenvalue weighted by atomic mass is 32.2. The minimum atomic E-state index is -3.30. The predicted octanol–water partition coefficient (Wildman–Crippen LogP) is 1.31. The fourth-order valence-corrected chi connectivity index (χ4v) is 5.06. The van der Waals surface area contributed by atoms with Gasteiger partial charge in [-0.1, -0.05) is 6.92 Å². The van der Waals surface area contributed by atoms with Crippen molar-refractivity contribution in [2.24, 2.45) is 5.92 Å². The van der Waals surface area contributed by atoms with Gasteiger partial charge in [-0.3, -0.25) is 0 Å². The summed E-state index contributed by atoms with van der Waals surface area (Å²) >= 11 is 1.26. The van der Waals surface area contributed by atoms with E-state index in [4.69, 9.17) is 5.11 Å². The number of aliphatic hydroxyl groups excluding tert-OH is 1. The molecule has 1 aromatic rings. The lowest BCUT2D eigenvalue weighted by atomic mass is 10.2. The van der Waals surface area contributed by atoms with E-state index in [1.54, 1.807) is 16.4 Å². The summed E-state index contributed by atoms with van der Waals surface area (Å²) in [6.45, 7) is 3.37. The minimum Gasteiger partial charge on any atom is -0.396 e. The molecule has 0 bridgehead atoms. The van der Waals surface area contributed by atoms with Gasteiger partial charge in [0, 0.05) is 31.0 Å². The zero-order valence-corrected chi connectivity index (χ0v) is 11.4. The van der Waals surface area contributed by atoms with Crippen LogP contribution in [0.5, 0.6) is 0 Å². The second-order valence-electron chi connectivity index (χ2n) is 4.45. The third-order valence-electron chi connectivity index (χ3n) is 2.98. The van der Waals surface area contributed by atoms with E-state index in [0.717, 1.165) is 11.3 Å². The van der Waals surface area contributed by atoms with Gasteiger partial charge in [0.15, 0.2) is 0 Å². The third kappa shape index (κ3) is 2.70. The van der Waals surface area contributed by atoms with Crippen molar-refractivity contribution in [3.05, 3.63) is 17.0 Å². The topological polar surface area (TPSA) is 57.6 Å². The van der Waals surface area contributed by atoms with Crippen LogP contribution in [0.3, 0.4) is 0 Å². The first-order chi connectivity index (χ1) is 8.04. The van der Waals surface area contributed by atoms with Crippen LogP contribution >= 0.6 is 11.3 Å². The summed E-state index contributed by atoms with van der Waals surface area (Å²) in [6, 6.07) is 3.43. The van der Waals surface area contributed by atoms with Crippen molar-refractivity contribution in [1.82, 2.24) is 4.31 Å². The Labute approximate surface area is 106 Å². The molecule has 0 saturated carbocycles. The average Bonchev–Trinajstić information content (AvgIpc) is 2.88. The summed E-state index contributed by atoms with van der Waals surface area (Å²) in [4.78, 5) is 0.915. The Bertz CT molecular complexity index is 481. The van der Waals surface area contributed by atoms with Gasteiger partial charge < -0.3 is 5.11 Å². The van der Waals surface area contributed by atoms with Gasteiger partial charge in [0.2, 0.25) is 0 Å². The Morgan fingerprint density at radius 1 is 1.53 bits per heavy atom. The molecule has 17 heavy (non-hydrogen) atoms. The van der Waals surface area contributed by atoms with E-state index < -0.39 is 10.0 Å². The molecule has 0 aliphatic carbocycles. The maximum absolute atomic E-state index is 12.3. The van der Waals surface area contributed by atoms with Crippen LogP contribution in [-0.2, 0) is 16.4 Å². The SMILES string of the molecule is CC1CCN(S(=O)(=O)c2ccc(CCO)s2)C1. The van der Waals surface area contributed by atoms with Crippen molar-refractivity contribution in [2.75, 3.05) is 19.7 Å². The Balaban J connectivity index is 2.19. The molecule has 1 N–H and O–H groups in total. The van der Waals surface area contributed by atoms with E-state index in [0.29, 0.717) is 29.6 Å². The Kier molecular flexibility index (Phi) is 3.87. The summed E-state index contributed by atoms with van der Waals surface area (Å²) in [7, 11) is -3.30. The van der Waals surface area contributed by atoms with E-state index in [-0.39, 0.29) is 6.61 Å². The summed E-state index contributed by atoms with van der Waals surface area (Å²) in [5, 5.41) is 8.82. The maximum atomic E-state index is 12.3. The van der Waals surface area contributed by atoms with Crippen LogP contribution in [0.25, 0.3) is 0 Å². The zero-order chi connectivity index (χ0) is 12.5. The standard InChI is InChI=1S/C11H17NO3S2/c1-9-4-6-12(8-9)17(14,15)11-3-2-10(16-11)5-7-13/h2-3,9,13H,4-8H2,1H3. The van der Waals surface area contributed by atoms with Gasteiger partial charge in [-0.05, 0) is 24.5 Å². The number of hydrogen-bond acceptors (Lipinski definition) is 4. The normalized spacial score (nSPS) is 22.1. The first kappa shape index (κ1) is 13.0. The van der Waals surface area contributed by atoms with Crippen LogP contribution in [0.15, 0.2) is 16.3 Å². The van der Waals surface area contributed by atoms with Crippen LogP contribution < -0.4 is 0 Å². The first-order valence-corrected chi connectivity index (χ1v) is 7.99. The Morgan fingerprint density at radius 3 is 2.88 bits per heavy atom.